The molecule has 2 heteroatoms. The summed E-state index contributed by atoms with van der Waals surface area (Å²) in [6.45, 7) is 0. The van der Waals surface area contributed by atoms with Crippen molar-refractivity contribution in [1.29, 1.82) is 0 Å². The lowest BCUT2D eigenvalue weighted by atomic mass is 10.1. The van der Waals surface area contributed by atoms with E-state index < -0.39 is 8.07 Å². The first-order valence-electron chi connectivity index (χ1n) is 10.6. The zero-order valence-corrected chi connectivity index (χ0v) is 18.2. The van der Waals surface area contributed by atoms with Crippen LogP contribution in [0.3, 0.4) is 0 Å². The van der Waals surface area contributed by atoms with Gasteiger partial charge in [-0.25, -0.2) is 0 Å². The van der Waals surface area contributed by atoms with Gasteiger partial charge in [0.15, 0.2) is 8.07 Å². The Morgan fingerprint density at radius 1 is 0.419 bits per heavy atom. The van der Waals surface area contributed by atoms with Gasteiger partial charge in [0, 0.05) is 11.8 Å². The number of nitrogens with zero attached hydrogens (tertiary/aromatic N) is 1. The number of rotatable bonds is 5. The second kappa shape index (κ2) is 8.55. The van der Waals surface area contributed by atoms with Crippen molar-refractivity contribution in [3.05, 3.63) is 140 Å². The zero-order valence-electron chi connectivity index (χ0n) is 17.2. The Hall–Kier alpha value is -3.75. The molecule has 0 atom stereocenters. The second-order valence-electron chi connectivity index (χ2n) is 7.61. The summed E-state index contributed by atoms with van der Waals surface area (Å²) in [6.07, 6.45) is 1.88. The maximum absolute atomic E-state index is 4.73. The van der Waals surface area contributed by atoms with Crippen molar-refractivity contribution >= 4 is 28.8 Å². The van der Waals surface area contributed by atoms with Crippen molar-refractivity contribution < 1.29 is 0 Å². The van der Waals surface area contributed by atoms with Gasteiger partial charge >= 0.3 is 0 Å². The number of hydrogen-bond acceptors (Lipinski definition) is 1. The molecule has 0 aliphatic rings. The number of benzene rings is 4. The van der Waals surface area contributed by atoms with Gasteiger partial charge in [-0.1, -0.05) is 121 Å². The molecule has 1 aromatic heterocycles. The van der Waals surface area contributed by atoms with Crippen LogP contribution in [0.15, 0.2) is 140 Å². The quantitative estimate of drug-likeness (QED) is 0.312. The average Bonchev–Trinajstić information content (AvgIpc) is 2.87. The molecule has 0 amide bonds. The summed E-state index contributed by atoms with van der Waals surface area (Å²) < 4.78 is 0. The van der Waals surface area contributed by atoms with Gasteiger partial charge in [-0.05, 0) is 32.9 Å². The summed E-state index contributed by atoms with van der Waals surface area (Å²) in [6, 6.07) is 48.0. The first-order chi connectivity index (χ1) is 15.4. The highest BCUT2D eigenvalue weighted by Crippen LogP contribution is 2.19. The molecule has 1 nitrogen and oxygen atoms in total. The van der Waals surface area contributed by atoms with Crippen molar-refractivity contribution in [3.63, 3.8) is 0 Å². The Morgan fingerprint density at radius 2 is 0.871 bits per heavy atom. The molecule has 0 N–H and O–H groups in total. The van der Waals surface area contributed by atoms with E-state index >= 15 is 0 Å². The van der Waals surface area contributed by atoms with Gasteiger partial charge in [-0.2, -0.15) is 0 Å². The fourth-order valence-corrected chi connectivity index (χ4v) is 9.56. The molecular formula is C29H23NSi. The fourth-order valence-electron chi connectivity index (χ4n) is 4.59. The summed E-state index contributed by atoms with van der Waals surface area (Å²) in [4.78, 5) is 4.73. The molecule has 31 heavy (non-hydrogen) atoms. The number of aromatic nitrogens is 1. The Kier molecular flexibility index (Phi) is 5.30. The van der Waals surface area contributed by atoms with Crippen LogP contribution in [0.5, 0.6) is 0 Å². The van der Waals surface area contributed by atoms with E-state index in [1.807, 2.05) is 12.3 Å². The van der Waals surface area contributed by atoms with Crippen LogP contribution in [0.4, 0.5) is 0 Å². The van der Waals surface area contributed by atoms with Crippen LogP contribution in [-0.4, -0.2) is 13.1 Å². The summed E-state index contributed by atoms with van der Waals surface area (Å²) in [5.41, 5.74) is 2.21. The summed E-state index contributed by atoms with van der Waals surface area (Å²) in [5.74, 6) is 0. The van der Waals surface area contributed by atoms with Gasteiger partial charge in [0.1, 0.15) is 0 Å². The molecule has 4 aromatic carbocycles. The van der Waals surface area contributed by atoms with Crippen LogP contribution in [0.1, 0.15) is 0 Å². The highest BCUT2D eigenvalue weighted by atomic mass is 28.3. The molecule has 0 saturated carbocycles. The largest absolute Gasteiger partial charge is 0.256 e. The third-order valence-corrected chi connectivity index (χ3v) is 10.7. The lowest BCUT2D eigenvalue weighted by Crippen LogP contribution is -2.75. The highest BCUT2D eigenvalue weighted by molar-refractivity contribution is 7.20. The van der Waals surface area contributed by atoms with Crippen molar-refractivity contribution in [2.45, 2.75) is 0 Å². The number of hydrogen-bond donors (Lipinski definition) is 0. The summed E-state index contributed by atoms with van der Waals surface area (Å²) in [5, 5.41) is 5.47. The minimum Gasteiger partial charge on any atom is -0.256 e. The Labute approximate surface area is 184 Å². The fraction of sp³-hybridized carbons (Fsp3) is 0. The number of pyridine rings is 1. The van der Waals surface area contributed by atoms with E-state index in [1.165, 1.54) is 26.3 Å². The van der Waals surface area contributed by atoms with Crippen LogP contribution in [-0.2, 0) is 0 Å². The molecule has 0 aliphatic heterocycles. The monoisotopic (exact) mass is 413 g/mol. The van der Waals surface area contributed by atoms with E-state index in [2.05, 4.69) is 127 Å². The Morgan fingerprint density at radius 3 is 1.35 bits per heavy atom. The minimum absolute atomic E-state index is 1.01. The topological polar surface area (TPSA) is 12.9 Å². The smallest absolute Gasteiger partial charge is 0.180 e. The van der Waals surface area contributed by atoms with Crippen LogP contribution in [0, 0.1) is 0 Å². The molecular weight excluding hydrogens is 390 g/mol. The molecule has 5 rings (SSSR count). The molecule has 0 fully saturated rings. The van der Waals surface area contributed by atoms with Crippen LogP contribution in [0.25, 0.3) is 11.3 Å². The van der Waals surface area contributed by atoms with Crippen LogP contribution < -0.4 is 20.7 Å². The SMILES string of the molecule is c1ccc([Si](c2ccccc2)(c2ccccc2)c2ccccc2-c2ccccn2)cc1. The van der Waals surface area contributed by atoms with E-state index in [0.29, 0.717) is 0 Å². The predicted octanol–water partition coefficient (Wildman–Crippen LogP) is 4.13. The molecule has 0 radical (unpaired) electrons. The molecule has 0 spiro atoms. The molecule has 0 aliphatic carbocycles. The molecule has 0 unspecified atom stereocenters. The second-order valence-corrected chi connectivity index (χ2v) is 11.4. The van der Waals surface area contributed by atoms with Crippen LogP contribution >= 0.6 is 0 Å². The Balaban J connectivity index is 1.94. The molecule has 148 valence electrons. The molecule has 1 heterocycles. The summed E-state index contributed by atoms with van der Waals surface area (Å²) in [7, 11) is -2.57. The minimum atomic E-state index is -2.57. The standard InChI is InChI=1S/C29H23NSi/c1-4-14-24(15-5-1)31(25-16-6-2-7-17-25,26-18-8-3-9-19-26)29-22-11-10-20-27(29)28-21-12-13-23-30-28/h1-23H. The van der Waals surface area contributed by atoms with Gasteiger partial charge in [0.25, 0.3) is 0 Å². The Bertz CT molecular complexity index is 1160. The van der Waals surface area contributed by atoms with Crippen LogP contribution in [0.2, 0.25) is 0 Å². The van der Waals surface area contributed by atoms with Crippen molar-refractivity contribution in [2.24, 2.45) is 0 Å². The molecule has 0 saturated heterocycles. The van der Waals surface area contributed by atoms with E-state index in [9.17, 15) is 0 Å². The maximum atomic E-state index is 4.73. The van der Waals surface area contributed by atoms with Gasteiger partial charge in [-0.3, -0.25) is 4.98 Å². The van der Waals surface area contributed by atoms with E-state index in [4.69, 9.17) is 4.98 Å². The van der Waals surface area contributed by atoms with E-state index in [0.717, 1.165) is 5.69 Å². The van der Waals surface area contributed by atoms with Gasteiger partial charge in [0.05, 0.1) is 5.69 Å². The predicted molar refractivity (Wildman–Crippen MR) is 133 cm³/mol. The third kappa shape index (κ3) is 3.41. The van der Waals surface area contributed by atoms with Gasteiger partial charge < -0.3 is 0 Å². The average molecular weight is 414 g/mol. The lowest BCUT2D eigenvalue weighted by molar-refractivity contribution is 1.33. The van der Waals surface area contributed by atoms with Crippen molar-refractivity contribution in [3.8, 4) is 11.3 Å². The first kappa shape index (κ1) is 19.2. The highest BCUT2D eigenvalue weighted by Gasteiger charge is 2.42. The third-order valence-electron chi connectivity index (χ3n) is 5.89. The van der Waals surface area contributed by atoms with Crippen molar-refractivity contribution in [2.75, 3.05) is 0 Å². The lowest BCUT2D eigenvalue weighted by Gasteiger charge is -2.35. The normalized spacial score (nSPS) is 11.2. The molecule has 5 aromatic rings. The van der Waals surface area contributed by atoms with E-state index in [1.54, 1.807) is 0 Å². The summed E-state index contributed by atoms with van der Waals surface area (Å²) >= 11 is 0. The maximum Gasteiger partial charge on any atom is 0.180 e. The van der Waals surface area contributed by atoms with Gasteiger partial charge in [-0.15, -0.1) is 0 Å². The first-order valence-corrected chi connectivity index (χ1v) is 12.6. The van der Waals surface area contributed by atoms with E-state index in [-0.39, 0.29) is 0 Å². The van der Waals surface area contributed by atoms with Crippen molar-refractivity contribution in [1.82, 2.24) is 4.98 Å². The zero-order chi connectivity index (χ0) is 20.9. The molecule has 0 bridgehead atoms. The van der Waals surface area contributed by atoms with Gasteiger partial charge in [0.2, 0.25) is 0 Å².